The van der Waals surface area contributed by atoms with Crippen LogP contribution in [0.25, 0.3) is 0 Å². The lowest BCUT2D eigenvalue weighted by molar-refractivity contribution is 0.0810. The molecule has 0 spiro atoms. The summed E-state index contributed by atoms with van der Waals surface area (Å²) < 4.78 is 0. The number of aromatic nitrogens is 1. The minimum atomic E-state index is -1.11. The Hall–Kier alpha value is -2.16. The summed E-state index contributed by atoms with van der Waals surface area (Å²) in [5, 5.41) is 12.2. The number of benzene rings is 2. The first-order valence-electron chi connectivity index (χ1n) is 7.52. The molecule has 3 aromatic rings. The van der Waals surface area contributed by atoms with Gasteiger partial charge in [0.25, 0.3) is 0 Å². The zero-order chi connectivity index (χ0) is 16.3. The van der Waals surface area contributed by atoms with Crippen molar-refractivity contribution in [3.63, 3.8) is 0 Å². The number of aliphatic hydroxyl groups is 1. The lowest BCUT2D eigenvalue weighted by Gasteiger charge is -2.29. The van der Waals surface area contributed by atoms with Gasteiger partial charge < -0.3 is 5.11 Å². The maximum atomic E-state index is 11.5. The van der Waals surface area contributed by atoms with Gasteiger partial charge in [-0.3, -0.25) is 4.98 Å². The van der Waals surface area contributed by atoms with Gasteiger partial charge in [-0.2, -0.15) is 0 Å². The van der Waals surface area contributed by atoms with Crippen molar-refractivity contribution in [3.05, 3.63) is 100 Å². The molecular formula is C20H18ClNO. The number of aryl methyl sites for hydroxylation is 1. The van der Waals surface area contributed by atoms with Crippen molar-refractivity contribution in [2.75, 3.05) is 0 Å². The molecule has 2 nitrogen and oxygen atoms in total. The van der Waals surface area contributed by atoms with E-state index in [-0.39, 0.29) is 0 Å². The van der Waals surface area contributed by atoms with E-state index in [0.29, 0.717) is 11.4 Å². The molecule has 0 amide bonds. The van der Waals surface area contributed by atoms with Crippen LogP contribution >= 0.6 is 11.6 Å². The molecule has 1 aromatic heterocycles. The molecule has 3 heteroatoms. The van der Waals surface area contributed by atoms with Crippen LogP contribution in [0.15, 0.2) is 73.1 Å². The molecule has 0 fully saturated rings. The van der Waals surface area contributed by atoms with Crippen LogP contribution in [0.1, 0.15) is 22.3 Å². The van der Waals surface area contributed by atoms with Gasteiger partial charge in [0.05, 0.1) is 0 Å². The average Bonchev–Trinajstić information content (AvgIpc) is 2.58. The Bertz CT molecular complexity index is 769. The molecule has 23 heavy (non-hydrogen) atoms. The minimum absolute atomic E-state index is 0.469. The Morgan fingerprint density at radius 2 is 1.43 bits per heavy atom. The van der Waals surface area contributed by atoms with Gasteiger partial charge in [0, 0.05) is 23.8 Å². The second kappa shape index (κ2) is 6.53. The fourth-order valence-corrected chi connectivity index (χ4v) is 2.85. The number of pyridine rings is 1. The highest BCUT2D eigenvalue weighted by molar-refractivity contribution is 6.30. The first-order valence-corrected chi connectivity index (χ1v) is 7.90. The van der Waals surface area contributed by atoms with Crippen LogP contribution in [-0.2, 0) is 12.0 Å². The van der Waals surface area contributed by atoms with E-state index in [4.69, 9.17) is 11.6 Å². The third kappa shape index (κ3) is 3.44. The zero-order valence-corrected chi connectivity index (χ0v) is 13.7. The smallest absolute Gasteiger partial charge is 0.119 e. The third-order valence-corrected chi connectivity index (χ3v) is 4.31. The van der Waals surface area contributed by atoms with Crippen LogP contribution in [0.5, 0.6) is 0 Å². The molecule has 0 aliphatic rings. The van der Waals surface area contributed by atoms with Crippen molar-refractivity contribution in [2.45, 2.75) is 18.9 Å². The van der Waals surface area contributed by atoms with Crippen molar-refractivity contribution in [1.29, 1.82) is 0 Å². The van der Waals surface area contributed by atoms with Gasteiger partial charge in [0.1, 0.15) is 5.60 Å². The standard InChI is InChI=1S/C20H18ClNO/c1-15-2-6-17(7-3-15)20(23,18-10-12-22-13-11-18)14-16-4-8-19(21)9-5-16/h2-13,23H,14H2,1H3/t20-/m1/s1. The predicted molar refractivity (Wildman–Crippen MR) is 93.6 cm³/mol. The highest BCUT2D eigenvalue weighted by atomic mass is 35.5. The number of halogens is 1. The lowest BCUT2D eigenvalue weighted by atomic mass is 9.81. The van der Waals surface area contributed by atoms with Crippen molar-refractivity contribution < 1.29 is 5.11 Å². The Morgan fingerprint density at radius 1 is 0.870 bits per heavy atom. The van der Waals surface area contributed by atoms with E-state index in [1.165, 1.54) is 0 Å². The maximum Gasteiger partial charge on any atom is 0.119 e. The van der Waals surface area contributed by atoms with E-state index in [0.717, 1.165) is 22.3 Å². The summed E-state index contributed by atoms with van der Waals surface area (Å²) in [4.78, 5) is 4.06. The van der Waals surface area contributed by atoms with Gasteiger partial charge >= 0.3 is 0 Å². The number of hydrogen-bond acceptors (Lipinski definition) is 2. The van der Waals surface area contributed by atoms with Gasteiger partial charge in [-0.15, -0.1) is 0 Å². The number of rotatable bonds is 4. The average molecular weight is 324 g/mol. The van der Waals surface area contributed by atoms with Crippen LogP contribution in [-0.4, -0.2) is 10.1 Å². The van der Waals surface area contributed by atoms with Crippen LogP contribution in [0.3, 0.4) is 0 Å². The van der Waals surface area contributed by atoms with E-state index in [2.05, 4.69) is 4.98 Å². The van der Waals surface area contributed by atoms with Gasteiger partial charge in [-0.05, 0) is 47.9 Å². The Balaban J connectivity index is 2.06. The molecule has 1 N–H and O–H groups in total. The highest BCUT2D eigenvalue weighted by Gasteiger charge is 2.31. The Morgan fingerprint density at radius 3 is 2.04 bits per heavy atom. The van der Waals surface area contributed by atoms with E-state index in [9.17, 15) is 5.11 Å². The summed E-state index contributed by atoms with van der Waals surface area (Å²) in [7, 11) is 0. The van der Waals surface area contributed by atoms with Crippen molar-refractivity contribution in [3.8, 4) is 0 Å². The second-order valence-corrected chi connectivity index (χ2v) is 6.20. The largest absolute Gasteiger partial charge is 0.380 e. The van der Waals surface area contributed by atoms with Gasteiger partial charge in [-0.25, -0.2) is 0 Å². The SMILES string of the molecule is Cc1ccc([C@](O)(Cc2ccc(Cl)cc2)c2ccncc2)cc1. The minimum Gasteiger partial charge on any atom is -0.380 e. The summed E-state index contributed by atoms with van der Waals surface area (Å²) >= 11 is 5.96. The first kappa shape index (κ1) is 15.7. The van der Waals surface area contributed by atoms with E-state index < -0.39 is 5.60 Å². The third-order valence-electron chi connectivity index (χ3n) is 4.06. The van der Waals surface area contributed by atoms with Crippen LogP contribution in [0, 0.1) is 6.92 Å². The van der Waals surface area contributed by atoms with Crippen LogP contribution in [0.4, 0.5) is 0 Å². The maximum absolute atomic E-state index is 11.5. The Kier molecular flexibility index (Phi) is 4.46. The normalized spacial score (nSPS) is 13.5. The fourth-order valence-electron chi connectivity index (χ4n) is 2.73. The van der Waals surface area contributed by atoms with E-state index in [1.54, 1.807) is 12.4 Å². The van der Waals surface area contributed by atoms with Crippen molar-refractivity contribution in [2.24, 2.45) is 0 Å². The molecule has 1 atom stereocenters. The molecule has 1 heterocycles. The summed E-state index contributed by atoms with van der Waals surface area (Å²) in [6, 6.07) is 19.3. The highest BCUT2D eigenvalue weighted by Crippen LogP contribution is 2.33. The van der Waals surface area contributed by atoms with Gasteiger partial charge in [0.2, 0.25) is 0 Å². The van der Waals surface area contributed by atoms with Gasteiger partial charge in [-0.1, -0.05) is 53.6 Å². The molecule has 116 valence electrons. The molecule has 0 unspecified atom stereocenters. The Labute approximate surface area is 141 Å². The lowest BCUT2D eigenvalue weighted by Crippen LogP contribution is -2.30. The topological polar surface area (TPSA) is 33.1 Å². The second-order valence-electron chi connectivity index (χ2n) is 5.77. The molecule has 0 saturated heterocycles. The van der Waals surface area contributed by atoms with Crippen molar-refractivity contribution >= 4 is 11.6 Å². The molecule has 2 aromatic carbocycles. The summed E-state index contributed by atoms with van der Waals surface area (Å²) in [6.07, 6.45) is 3.88. The molecular weight excluding hydrogens is 306 g/mol. The van der Waals surface area contributed by atoms with Crippen molar-refractivity contribution in [1.82, 2.24) is 4.98 Å². The number of nitrogens with zero attached hydrogens (tertiary/aromatic N) is 1. The monoisotopic (exact) mass is 323 g/mol. The van der Waals surface area contributed by atoms with Gasteiger partial charge in [0.15, 0.2) is 0 Å². The number of hydrogen-bond donors (Lipinski definition) is 1. The summed E-state index contributed by atoms with van der Waals surface area (Å²) in [5.74, 6) is 0. The zero-order valence-electron chi connectivity index (χ0n) is 12.9. The first-order chi connectivity index (χ1) is 11.1. The summed E-state index contributed by atoms with van der Waals surface area (Å²) in [5.41, 5.74) is 2.77. The summed E-state index contributed by atoms with van der Waals surface area (Å²) in [6.45, 7) is 2.04. The predicted octanol–water partition coefficient (Wildman–Crippen LogP) is 4.52. The fraction of sp³-hybridized carbons (Fsp3) is 0.150. The molecule has 0 bridgehead atoms. The molecule has 3 rings (SSSR count). The molecule has 0 aliphatic carbocycles. The molecule has 0 radical (unpaired) electrons. The van der Waals surface area contributed by atoms with E-state index in [1.807, 2.05) is 67.6 Å². The quantitative estimate of drug-likeness (QED) is 0.765. The van der Waals surface area contributed by atoms with Crippen LogP contribution in [0.2, 0.25) is 5.02 Å². The molecule has 0 saturated carbocycles. The van der Waals surface area contributed by atoms with Crippen LogP contribution < -0.4 is 0 Å². The van der Waals surface area contributed by atoms with E-state index >= 15 is 0 Å². The molecule has 0 aliphatic heterocycles.